The van der Waals surface area contributed by atoms with Gasteiger partial charge in [0.2, 0.25) is 0 Å². The molecule has 0 saturated heterocycles. The van der Waals surface area contributed by atoms with E-state index in [-0.39, 0.29) is 0 Å². The van der Waals surface area contributed by atoms with Crippen molar-refractivity contribution < 1.29 is 0 Å². The molecule has 0 amide bonds. The van der Waals surface area contributed by atoms with Crippen LogP contribution in [-0.4, -0.2) is 9.61 Å². The first-order valence-corrected chi connectivity index (χ1v) is 4.76. The van der Waals surface area contributed by atoms with E-state index in [1.54, 1.807) is 4.52 Å². The van der Waals surface area contributed by atoms with Crippen LogP contribution >= 0.6 is 11.6 Å². The first-order valence-electron chi connectivity index (χ1n) is 4.38. The van der Waals surface area contributed by atoms with Crippen LogP contribution in [0.25, 0.3) is 5.52 Å². The number of rotatable bonds is 0. The lowest BCUT2D eigenvalue weighted by molar-refractivity contribution is 0.962. The van der Waals surface area contributed by atoms with Crippen molar-refractivity contribution >= 4 is 17.1 Å². The fourth-order valence-electron chi connectivity index (χ4n) is 1.09. The Labute approximate surface area is 83.1 Å². The van der Waals surface area contributed by atoms with Crippen LogP contribution in [0.1, 0.15) is 19.4 Å². The van der Waals surface area contributed by atoms with Gasteiger partial charge in [0, 0.05) is 11.8 Å². The third kappa shape index (κ3) is 1.83. The van der Waals surface area contributed by atoms with Crippen molar-refractivity contribution in [2.24, 2.45) is 0 Å². The number of hydrogen-bond donors (Lipinski definition) is 0. The Hall–Kier alpha value is -1.02. The Kier molecular flexibility index (Phi) is 3.32. The van der Waals surface area contributed by atoms with Crippen LogP contribution in [0.5, 0.6) is 0 Å². The second-order valence-electron chi connectivity index (χ2n) is 2.45. The Bertz CT molecular complexity index is 393. The molecule has 2 nitrogen and oxygen atoms in total. The van der Waals surface area contributed by atoms with Gasteiger partial charge in [0.1, 0.15) is 0 Å². The normalized spacial score (nSPS) is 9.54. The largest absolute Gasteiger partial charge is 0.239 e. The van der Waals surface area contributed by atoms with E-state index in [0.717, 1.165) is 11.1 Å². The average molecular weight is 197 g/mol. The highest BCUT2D eigenvalue weighted by Crippen LogP contribution is 2.17. The molecule has 2 rings (SSSR count). The Balaban J connectivity index is 0.000000396. The Morgan fingerprint density at radius 3 is 2.62 bits per heavy atom. The molecule has 0 unspecified atom stereocenters. The second kappa shape index (κ2) is 4.28. The molecule has 2 aromatic rings. The summed E-state index contributed by atoms with van der Waals surface area (Å²) in [6.07, 6.45) is 1.88. The van der Waals surface area contributed by atoms with Crippen LogP contribution in [0, 0.1) is 6.92 Å². The fourth-order valence-corrected chi connectivity index (χ4v) is 1.27. The van der Waals surface area contributed by atoms with Crippen molar-refractivity contribution in [3.8, 4) is 0 Å². The van der Waals surface area contributed by atoms with Gasteiger partial charge >= 0.3 is 0 Å². The molecular formula is C10H13ClN2. The van der Waals surface area contributed by atoms with Gasteiger partial charge in [-0.05, 0) is 19.1 Å². The topological polar surface area (TPSA) is 17.3 Å². The Morgan fingerprint density at radius 1 is 1.31 bits per heavy atom. The zero-order chi connectivity index (χ0) is 9.84. The van der Waals surface area contributed by atoms with E-state index in [2.05, 4.69) is 5.10 Å². The molecule has 0 radical (unpaired) electrons. The van der Waals surface area contributed by atoms with Gasteiger partial charge in [-0.15, -0.1) is 0 Å². The molecule has 0 fully saturated rings. The molecule has 0 bridgehead atoms. The maximum Gasteiger partial charge on any atom is 0.155 e. The highest BCUT2D eigenvalue weighted by molar-refractivity contribution is 6.30. The molecule has 0 atom stereocenters. The van der Waals surface area contributed by atoms with Gasteiger partial charge in [-0.2, -0.15) is 5.10 Å². The predicted molar refractivity (Wildman–Crippen MR) is 56.3 cm³/mol. The lowest BCUT2D eigenvalue weighted by atomic mass is 10.3. The summed E-state index contributed by atoms with van der Waals surface area (Å²) in [6, 6.07) is 5.89. The van der Waals surface area contributed by atoms with Crippen LogP contribution in [0.3, 0.4) is 0 Å². The monoisotopic (exact) mass is 196 g/mol. The van der Waals surface area contributed by atoms with E-state index in [1.807, 2.05) is 45.2 Å². The lowest BCUT2D eigenvalue weighted by Crippen LogP contribution is -1.82. The molecular weight excluding hydrogens is 184 g/mol. The number of nitrogens with zero attached hydrogens (tertiary/aromatic N) is 2. The minimum absolute atomic E-state index is 0.580. The van der Waals surface area contributed by atoms with E-state index in [0.29, 0.717) is 5.15 Å². The average Bonchev–Trinajstić information content (AvgIpc) is 2.47. The Morgan fingerprint density at radius 2 is 2.00 bits per heavy atom. The van der Waals surface area contributed by atoms with E-state index >= 15 is 0 Å². The standard InChI is InChI=1S/C8H7ClN2.C2H6/c1-6-7-4-2-3-5-11(7)10-8(6)9;1-2/h2-5H,1H3;1-2H3. The van der Waals surface area contributed by atoms with Gasteiger partial charge in [0.15, 0.2) is 5.15 Å². The zero-order valence-corrected chi connectivity index (χ0v) is 8.84. The van der Waals surface area contributed by atoms with E-state index in [9.17, 15) is 0 Å². The van der Waals surface area contributed by atoms with Gasteiger partial charge in [-0.3, -0.25) is 0 Å². The van der Waals surface area contributed by atoms with Gasteiger partial charge in [-0.25, -0.2) is 4.52 Å². The van der Waals surface area contributed by atoms with Gasteiger partial charge in [-0.1, -0.05) is 31.5 Å². The van der Waals surface area contributed by atoms with Crippen molar-refractivity contribution in [1.29, 1.82) is 0 Å². The molecule has 0 aromatic carbocycles. The third-order valence-electron chi connectivity index (χ3n) is 1.73. The molecule has 0 N–H and O–H groups in total. The van der Waals surface area contributed by atoms with Crippen molar-refractivity contribution in [2.45, 2.75) is 20.8 Å². The quantitative estimate of drug-likeness (QED) is 0.632. The number of hydrogen-bond acceptors (Lipinski definition) is 1. The molecule has 0 aliphatic heterocycles. The molecule has 3 heteroatoms. The number of aryl methyl sites for hydroxylation is 1. The molecule has 13 heavy (non-hydrogen) atoms. The maximum absolute atomic E-state index is 5.82. The summed E-state index contributed by atoms with van der Waals surface area (Å²) in [4.78, 5) is 0. The summed E-state index contributed by atoms with van der Waals surface area (Å²) < 4.78 is 1.78. The predicted octanol–water partition coefficient (Wildman–Crippen LogP) is 3.32. The summed E-state index contributed by atoms with van der Waals surface area (Å²) in [7, 11) is 0. The summed E-state index contributed by atoms with van der Waals surface area (Å²) >= 11 is 5.82. The van der Waals surface area contributed by atoms with Gasteiger partial charge in [0.25, 0.3) is 0 Å². The third-order valence-corrected chi connectivity index (χ3v) is 2.09. The number of fused-ring (bicyclic) bond motifs is 1. The highest BCUT2D eigenvalue weighted by Gasteiger charge is 2.03. The van der Waals surface area contributed by atoms with Crippen molar-refractivity contribution in [3.63, 3.8) is 0 Å². The van der Waals surface area contributed by atoms with Crippen molar-refractivity contribution in [2.75, 3.05) is 0 Å². The number of pyridine rings is 1. The van der Waals surface area contributed by atoms with E-state index < -0.39 is 0 Å². The summed E-state index contributed by atoms with van der Waals surface area (Å²) in [6.45, 7) is 5.96. The summed E-state index contributed by atoms with van der Waals surface area (Å²) in [5, 5.41) is 4.67. The summed E-state index contributed by atoms with van der Waals surface area (Å²) in [5.41, 5.74) is 2.10. The SMILES string of the molecule is CC.Cc1c(Cl)nn2ccccc12. The molecule has 0 spiro atoms. The van der Waals surface area contributed by atoms with Crippen LogP contribution in [0.2, 0.25) is 5.15 Å². The van der Waals surface area contributed by atoms with E-state index in [1.165, 1.54) is 0 Å². The maximum atomic E-state index is 5.82. The van der Waals surface area contributed by atoms with E-state index in [4.69, 9.17) is 11.6 Å². The first kappa shape index (κ1) is 10.1. The first-order chi connectivity index (χ1) is 6.29. The lowest BCUT2D eigenvalue weighted by Gasteiger charge is -1.89. The van der Waals surface area contributed by atoms with Crippen LogP contribution in [0.15, 0.2) is 24.4 Å². The second-order valence-corrected chi connectivity index (χ2v) is 2.80. The van der Waals surface area contributed by atoms with Crippen molar-refractivity contribution in [1.82, 2.24) is 9.61 Å². The molecule has 0 aliphatic carbocycles. The van der Waals surface area contributed by atoms with Gasteiger partial charge in [0.05, 0.1) is 5.52 Å². The molecule has 0 saturated carbocycles. The smallest absolute Gasteiger partial charge is 0.155 e. The molecule has 70 valence electrons. The van der Waals surface area contributed by atoms with Crippen LogP contribution < -0.4 is 0 Å². The van der Waals surface area contributed by atoms with Crippen LogP contribution in [0.4, 0.5) is 0 Å². The van der Waals surface area contributed by atoms with Crippen LogP contribution in [-0.2, 0) is 0 Å². The summed E-state index contributed by atoms with van der Waals surface area (Å²) in [5.74, 6) is 0. The number of halogens is 1. The van der Waals surface area contributed by atoms with Crippen molar-refractivity contribution in [3.05, 3.63) is 35.1 Å². The number of aromatic nitrogens is 2. The zero-order valence-electron chi connectivity index (χ0n) is 8.08. The molecule has 2 heterocycles. The van der Waals surface area contributed by atoms with Gasteiger partial charge < -0.3 is 0 Å². The minimum Gasteiger partial charge on any atom is -0.239 e. The minimum atomic E-state index is 0.580. The molecule has 0 aliphatic rings. The molecule has 2 aromatic heterocycles. The fraction of sp³-hybridized carbons (Fsp3) is 0.300. The highest BCUT2D eigenvalue weighted by atomic mass is 35.5.